The summed E-state index contributed by atoms with van der Waals surface area (Å²) in [7, 11) is -3.02. The van der Waals surface area contributed by atoms with Gasteiger partial charge in [0, 0.05) is 11.4 Å². The van der Waals surface area contributed by atoms with E-state index >= 15 is 0 Å². The Morgan fingerprint density at radius 3 is 2.54 bits per heavy atom. The second-order valence-electron chi connectivity index (χ2n) is 5.72. The number of hydrogen-bond donors (Lipinski definition) is 2. The largest absolute Gasteiger partial charge is 0.481 e. The van der Waals surface area contributed by atoms with Crippen LogP contribution in [0.25, 0.3) is 0 Å². The summed E-state index contributed by atoms with van der Waals surface area (Å²) in [6.07, 6.45) is -0.288. The first-order chi connectivity index (χ1) is 11.2. The van der Waals surface area contributed by atoms with E-state index in [2.05, 4.69) is 10.9 Å². The average Bonchev–Trinajstić information content (AvgIpc) is 2.85. The van der Waals surface area contributed by atoms with Crippen LogP contribution in [-0.2, 0) is 19.4 Å². The van der Waals surface area contributed by atoms with Crippen LogP contribution in [0.2, 0.25) is 5.02 Å². The summed E-state index contributed by atoms with van der Waals surface area (Å²) in [6.45, 7) is 1.54. The van der Waals surface area contributed by atoms with Crippen LogP contribution in [0, 0.1) is 5.92 Å². The maximum atomic E-state index is 11.9. The number of ether oxygens (including phenoxy) is 1. The Hall–Kier alpha value is -1.80. The molecule has 2 rings (SSSR count). The highest BCUT2D eigenvalue weighted by atomic mass is 35.5. The van der Waals surface area contributed by atoms with Crippen molar-refractivity contribution in [3.63, 3.8) is 0 Å². The molecule has 1 aliphatic rings. The Bertz CT molecular complexity index is 705. The monoisotopic (exact) mass is 374 g/mol. The first kappa shape index (κ1) is 18.5. The van der Waals surface area contributed by atoms with Gasteiger partial charge in [-0.3, -0.25) is 20.4 Å². The smallest absolute Gasteiger partial charge is 0.279 e. The molecule has 0 saturated carbocycles. The van der Waals surface area contributed by atoms with Crippen LogP contribution in [0.15, 0.2) is 24.3 Å². The lowest BCUT2D eigenvalue weighted by Crippen LogP contribution is -2.47. The SMILES string of the molecule is C[C@H](Oc1ccc(Cl)cc1)C(=O)NNC(=O)C[C@H]1CCS(=O)(=O)C1. The molecule has 9 heteroatoms. The zero-order valence-electron chi connectivity index (χ0n) is 13.1. The van der Waals surface area contributed by atoms with Gasteiger partial charge in [0.05, 0.1) is 11.5 Å². The van der Waals surface area contributed by atoms with Crippen LogP contribution in [0.4, 0.5) is 0 Å². The number of carbonyl (C=O) groups is 2. The summed E-state index contributed by atoms with van der Waals surface area (Å²) in [5, 5.41) is 0.556. The fourth-order valence-electron chi connectivity index (χ4n) is 2.35. The molecule has 1 aliphatic heterocycles. The lowest BCUT2D eigenvalue weighted by molar-refractivity contribution is -0.133. The minimum atomic E-state index is -3.02. The molecule has 2 atom stereocenters. The second-order valence-corrected chi connectivity index (χ2v) is 8.39. The van der Waals surface area contributed by atoms with Crippen molar-refractivity contribution in [2.24, 2.45) is 5.92 Å². The normalized spacial score (nSPS) is 20.2. The van der Waals surface area contributed by atoms with Crippen molar-refractivity contribution < 1.29 is 22.7 Å². The molecule has 2 amide bonds. The van der Waals surface area contributed by atoms with Crippen LogP contribution in [-0.4, -0.2) is 37.8 Å². The van der Waals surface area contributed by atoms with E-state index in [-0.39, 0.29) is 23.8 Å². The summed E-state index contributed by atoms with van der Waals surface area (Å²) in [5.41, 5.74) is 4.55. The van der Waals surface area contributed by atoms with Crippen molar-refractivity contribution >= 4 is 33.3 Å². The van der Waals surface area contributed by atoms with Gasteiger partial charge in [-0.15, -0.1) is 0 Å². The van der Waals surface area contributed by atoms with E-state index in [0.29, 0.717) is 17.2 Å². The number of nitrogens with one attached hydrogen (secondary N) is 2. The van der Waals surface area contributed by atoms with E-state index in [4.69, 9.17) is 16.3 Å². The average molecular weight is 375 g/mol. The minimum absolute atomic E-state index is 0.0183. The number of hydrazine groups is 1. The Balaban J connectivity index is 1.73. The molecule has 7 nitrogen and oxygen atoms in total. The highest BCUT2D eigenvalue weighted by molar-refractivity contribution is 7.91. The number of halogens is 1. The van der Waals surface area contributed by atoms with Gasteiger partial charge in [0.1, 0.15) is 5.75 Å². The Morgan fingerprint density at radius 2 is 1.96 bits per heavy atom. The summed E-state index contributed by atoms with van der Waals surface area (Å²) in [4.78, 5) is 23.6. The predicted molar refractivity (Wildman–Crippen MR) is 89.2 cm³/mol. The van der Waals surface area contributed by atoms with Crippen molar-refractivity contribution in [1.82, 2.24) is 10.9 Å². The molecule has 1 aromatic carbocycles. The number of hydrogen-bond acceptors (Lipinski definition) is 5. The van der Waals surface area contributed by atoms with Crippen LogP contribution in [0.5, 0.6) is 5.75 Å². The van der Waals surface area contributed by atoms with Crippen molar-refractivity contribution in [2.75, 3.05) is 11.5 Å². The minimum Gasteiger partial charge on any atom is -0.481 e. The second kappa shape index (κ2) is 7.85. The molecule has 132 valence electrons. The molecular formula is C15H19ClN2O5S. The molecular weight excluding hydrogens is 356 g/mol. The Labute approximate surface area is 145 Å². The molecule has 2 N–H and O–H groups in total. The molecule has 0 spiro atoms. The summed E-state index contributed by atoms with van der Waals surface area (Å²) >= 11 is 5.76. The maximum Gasteiger partial charge on any atom is 0.279 e. The van der Waals surface area contributed by atoms with Gasteiger partial charge in [-0.2, -0.15) is 0 Å². The Kier molecular flexibility index (Phi) is 6.06. The molecule has 1 aromatic rings. The van der Waals surface area contributed by atoms with E-state index in [1.807, 2.05) is 0 Å². The van der Waals surface area contributed by atoms with Crippen molar-refractivity contribution in [1.29, 1.82) is 0 Å². The van der Waals surface area contributed by atoms with Gasteiger partial charge in [0.15, 0.2) is 15.9 Å². The molecule has 1 fully saturated rings. The van der Waals surface area contributed by atoms with Crippen molar-refractivity contribution in [3.05, 3.63) is 29.3 Å². The Morgan fingerprint density at radius 1 is 1.29 bits per heavy atom. The zero-order chi connectivity index (χ0) is 17.7. The van der Waals surface area contributed by atoms with Gasteiger partial charge in [0.25, 0.3) is 5.91 Å². The van der Waals surface area contributed by atoms with E-state index in [1.165, 1.54) is 0 Å². The number of carbonyl (C=O) groups excluding carboxylic acids is 2. The number of rotatable bonds is 5. The van der Waals surface area contributed by atoms with Crippen molar-refractivity contribution in [2.45, 2.75) is 25.9 Å². The van der Waals surface area contributed by atoms with Gasteiger partial charge in [-0.05, 0) is 43.5 Å². The topological polar surface area (TPSA) is 102 Å². The first-order valence-corrected chi connectivity index (χ1v) is 9.66. The third-order valence-corrected chi connectivity index (χ3v) is 5.71. The predicted octanol–water partition coefficient (Wildman–Crippen LogP) is 1.08. The highest BCUT2D eigenvalue weighted by Gasteiger charge is 2.29. The molecule has 1 saturated heterocycles. The van der Waals surface area contributed by atoms with Gasteiger partial charge >= 0.3 is 0 Å². The van der Waals surface area contributed by atoms with E-state index < -0.39 is 27.8 Å². The lowest BCUT2D eigenvalue weighted by Gasteiger charge is -2.15. The number of sulfone groups is 1. The number of benzene rings is 1. The third kappa shape index (κ3) is 5.68. The van der Waals surface area contributed by atoms with Gasteiger partial charge in [0.2, 0.25) is 5.91 Å². The van der Waals surface area contributed by atoms with E-state index in [9.17, 15) is 18.0 Å². The summed E-state index contributed by atoms with van der Waals surface area (Å²) < 4.78 is 28.1. The van der Waals surface area contributed by atoms with E-state index in [1.54, 1.807) is 31.2 Å². The molecule has 0 aromatic heterocycles. The summed E-state index contributed by atoms with van der Waals surface area (Å²) in [5.74, 6) is -0.533. The molecule has 1 heterocycles. The highest BCUT2D eigenvalue weighted by Crippen LogP contribution is 2.21. The fourth-order valence-corrected chi connectivity index (χ4v) is 4.34. The van der Waals surface area contributed by atoms with Gasteiger partial charge in [-0.1, -0.05) is 11.6 Å². The summed E-state index contributed by atoms with van der Waals surface area (Å²) in [6, 6.07) is 6.54. The van der Waals surface area contributed by atoms with Gasteiger partial charge in [-0.25, -0.2) is 8.42 Å². The van der Waals surface area contributed by atoms with Crippen LogP contribution < -0.4 is 15.6 Å². The zero-order valence-corrected chi connectivity index (χ0v) is 14.7. The maximum absolute atomic E-state index is 11.9. The molecule has 0 aliphatic carbocycles. The van der Waals surface area contributed by atoms with Crippen molar-refractivity contribution in [3.8, 4) is 5.75 Å². The van der Waals surface area contributed by atoms with Crippen LogP contribution in [0.3, 0.4) is 0 Å². The lowest BCUT2D eigenvalue weighted by atomic mass is 10.1. The van der Waals surface area contributed by atoms with Gasteiger partial charge < -0.3 is 4.74 Å². The number of amides is 2. The first-order valence-electron chi connectivity index (χ1n) is 7.46. The van der Waals surface area contributed by atoms with Crippen LogP contribution in [0.1, 0.15) is 19.8 Å². The molecule has 0 radical (unpaired) electrons. The molecule has 0 unspecified atom stereocenters. The molecule has 24 heavy (non-hydrogen) atoms. The van der Waals surface area contributed by atoms with E-state index in [0.717, 1.165) is 0 Å². The molecule has 0 bridgehead atoms. The van der Waals surface area contributed by atoms with Crippen LogP contribution >= 0.6 is 11.6 Å². The third-order valence-electron chi connectivity index (χ3n) is 3.62. The fraction of sp³-hybridized carbons (Fsp3) is 0.467. The standard InChI is InChI=1S/C15H19ClN2O5S/c1-10(23-13-4-2-12(16)3-5-13)15(20)18-17-14(19)8-11-6-7-24(21,22)9-11/h2-5,10-11H,6-9H2,1H3,(H,17,19)(H,18,20)/t10-,11+/m0/s1. The quantitative estimate of drug-likeness (QED) is 0.751.